The predicted molar refractivity (Wildman–Crippen MR) is 108 cm³/mol. The maximum atomic E-state index is 12.8. The Bertz CT molecular complexity index is 998. The lowest BCUT2D eigenvalue weighted by atomic mass is 9.70. The first-order chi connectivity index (χ1) is 14.0. The molecule has 4 rings (SSSR count). The zero-order valence-corrected chi connectivity index (χ0v) is 16.7. The SMILES string of the molecule is CCC1CC(=O)NC2CC(NC(=O)c3cc4cccc(OC)c4oc3=O)CCC12. The van der Waals surface area contributed by atoms with E-state index in [0.29, 0.717) is 41.4 Å². The molecule has 2 aliphatic rings. The van der Waals surface area contributed by atoms with E-state index in [-0.39, 0.29) is 23.6 Å². The minimum Gasteiger partial charge on any atom is -0.493 e. The molecule has 1 saturated heterocycles. The van der Waals surface area contributed by atoms with E-state index in [9.17, 15) is 14.4 Å². The Kier molecular flexibility index (Phi) is 5.30. The van der Waals surface area contributed by atoms with E-state index in [2.05, 4.69) is 17.6 Å². The van der Waals surface area contributed by atoms with Gasteiger partial charge in [0.1, 0.15) is 5.56 Å². The van der Waals surface area contributed by atoms with E-state index >= 15 is 0 Å². The van der Waals surface area contributed by atoms with Crippen LogP contribution in [0.5, 0.6) is 5.75 Å². The summed E-state index contributed by atoms with van der Waals surface area (Å²) in [6.07, 6.45) is 4.07. The summed E-state index contributed by atoms with van der Waals surface area (Å²) < 4.78 is 10.6. The average Bonchev–Trinajstić information content (AvgIpc) is 2.71. The number of fused-ring (bicyclic) bond motifs is 2. The number of carbonyl (C=O) groups excluding carboxylic acids is 2. The fourth-order valence-corrected chi connectivity index (χ4v) is 4.86. The quantitative estimate of drug-likeness (QED) is 0.772. The van der Waals surface area contributed by atoms with Crippen molar-refractivity contribution in [2.75, 3.05) is 7.11 Å². The lowest BCUT2D eigenvalue weighted by Crippen LogP contribution is -2.55. The van der Waals surface area contributed by atoms with Crippen LogP contribution in [0.4, 0.5) is 0 Å². The van der Waals surface area contributed by atoms with Crippen molar-refractivity contribution in [3.63, 3.8) is 0 Å². The van der Waals surface area contributed by atoms with Gasteiger partial charge in [0, 0.05) is 23.9 Å². The maximum Gasteiger partial charge on any atom is 0.349 e. The first-order valence-electron chi connectivity index (χ1n) is 10.2. The van der Waals surface area contributed by atoms with Gasteiger partial charge in [-0.05, 0) is 43.2 Å². The van der Waals surface area contributed by atoms with Crippen LogP contribution in [0.3, 0.4) is 0 Å². The summed E-state index contributed by atoms with van der Waals surface area (Å²) >= 11 is 0. The molecular formula is C22H26N2O5. The third-order valence-electron chi connectivity index (χ3n) is 6.35. The molecule has 1 aliphatic heterocycles. The molecule has 2 N–H and O–H groups in total. The molecule has 7 nitrogen and oxygen atoms in total. The van der Waals surface area contributed by atoms with Crippen LogP contribution < -0.4 is 21.0 Å². The second-order valence-corrected chi connectivity index (χ2v) is 8.02. The molecule has 4 unspecified atom stereocenters. The first-order valence-corrected chi connectivity index (χ1v) is 10.2. The van der Waals surface area contributed by atoms with Gasteiger partial charge in [-0.1, -0.05) is 25.5 Å². The molecule has 29 heavy (non-hydrogen) atoms. The lowest BCUT2D eigenvalue weighted by molar-refractivity contribution is -0.127. The number of methoxy groups -OCH3 is 1. The number of para-hydroxylation sites is 1. The molecule has 1 aromatic carbocycles. The van der Waals surface area contributed by atoms with E-state index in [1.54, 1.807) is 24.3 Å². The number of hydrogen-bond acceptors (Lipinski definition) is 5. The molecule has 154 valence electrons. The normalized spacial score (nSPS) is 26.5. The van der Waals surface area contributed by atoms with Crippen molar-refractivity contribution in [3.05, 3.63) is 40.2 Å². The fraction of sp³-hybridized carbons (Fsp3) is 0.500. The molecule has 0 bridgehead atoms. The van der Waals surface area contributed by atoms with Crippen LogP contribution in [-0.4, -0.2) is 31.0 Å². The number of amides is 2. The number of carbonyl (C=O) groups is 2. The van der Waals surface area contributed by atoms with Crippen LogP contribution >= 0.6 is 0 Å². The van der Waals surface area contributed by atoms with Crippen LogP contribution in [0.15, 0.2) is 33.5 Å². The predicted octanol–water partition coefficient (Wildman–Crippen LogP) is 2.61. The molecule has 0 radical (unpaired) electrons. The van der Waals surface area contributed by atoms with Crippen molar-refractivity contribution >= 4 is 22.8 Å². The topological polar surface area (TPSA) is 97.6 Å². The molecule has 4 atom stereocenters. The van der Waals surface area contributed by atoms with Crippen LogP contribution in [0.1, 0.15) is 49.4 Å². The number of benzene rings is 1. The van der Waals surface area contributed by atoms with E-state index in [4.69, 9.17) is 9.15 Å². The molecule has 7 heteroatoms. The van der Waals surface area contributed by atoms with Gasteiger partial charge in [0.2, 0.25) is 5.91 Å². The Labute approximate surface area is 168 Å². The lowest BCUT2D eigenvalue weighted by Gasteiger charge is -2.44. The van der Waals surface area contributed by atoms with Crippen LogP contribution in [-0.2, 0) is 4.79 Å². The summed E-state index contributed by atoms with van der Waals surface area (Å²) in [5.41, 5.74) is -0.384. The van der Waals surface area contributed by atoms with Gasteiger partial charge in [-0.2, -0.15) is 0 Å². The van der Waals surface area contributed by atoms with E-state index in [0.717, 1.165) is 19.3 Å². The number of hydrogen-bond donors (Lipinski definition) is 2. The average molecular weight is 398 g/mol. The highest BCUT2D eigenvalue weighted by Gasteiger charge is 2.40. The van der Waals surface area contributed by atoms with E-state index in [1.807, 2.05) is 0 Å². The summed E-state index contributed by atoms with van der Waals surface area (Å²) in [6.45, 7) is 2.13. The summed E-state index contributed by atoms with van der Waals surface area (Å²) in [5.74, 6) is 0.968. The zero-order chi connectivity index (χ0) is 20.5. The number of rotatable bonds is 4. The molecule has 1 saturated carbocycles. The van der Waals surface area contributed by atoms with Crippen molar-refractivity contribution in [2.45, 2.75) is 51.1 Å². The monoisotopic (exact) mass is 398 g/mol. The second kappa shape index (κ2) is 7.89. The second-order valence-electron chi connectivity index (χ2n) is 8.02. The smallest absolute Gasteiger partial charge is 0.349 e. The minimum absolute atomic E-state index is 0.0213. The highest BCUT2D eigenvalue weighted by atomic mass is 16.5. The van der Waals surface area contributed by atoms with Gasteiger partial charge in [0.25, 0.3) is 5.91 Å². The van der Waals surface area contributed by atoms with Crippen molar-refractivity contribution in [1.82, 2.24) is 10.6 Å². The van der Waals surface area contributed by atoms with Gasteiger partial charge in [-0.15, -0.1) is 0 Å². The minimum atomic E-state index is -0.690. The number of nitrogens with one attached hydrogen (secondary N) is 2. The van der Waals surface area contributed by atoms with Gasteiger partial charge in [-0.3, -0.25) is 9.59 Å². The number of ether oxygens (including phenoxy) is 1. The summed E-state index contributed by atoms with van der Waals surface area (Å²) in [7, 11) is 1.50. The molecule has 1 aromatic heterocycles. The van der Waals surface area contributed by atoms with Crippen molar-refractivity contribution in [1.29, 1.82) is 0 Å². The summed E-state index contributed by atoms with van der Waals surface area (Å²) in [4.78, 5) is 37.2. The van der Waals surface area contributed by atoms with Crippen LogP contribution in [0.25, 0.3) is 11.0 Å². The van der Waals surface area contributed by atoms with Crippen molar-refractivity contribution in [3.8, 4) is 5.75 Å². The van der Waals surface area contributed by atoms with Crippen molar-refractivity contribution < 1.29 is 18.7 Å². The van der Waals surface area contributed by atoms with Gasteiger partial charge < -0.3 is 19.8 Å². The van der Waals surface area contributed by atoms with Crippen molar-refractivity contribution in [2.24, 2.45) is 11.8 Å². The third kappa shape index (κ3) is 3.73. The third-order valence-corrected chi connectivity index (χ3v) is 6.35. The Balaban J connectivity index is 1.51. The molecule has 2 heterocycles. The summed E-state index contributed by atoms with van der Waals surface area (Å²) in [5, 5.41) is 6.69. The van der Waals surface area contributed by atoms with Gasteiger partial charge in [0.05, 0.1) is 7.11 Å². The standard InChI is InChI=1S/C22H26N2O5/c1-3-12-10-19(25)24-17-11-14(7-8-15(12)17)23-21(26)16-9-13-5-4-6-18(28-2)20(13)29-22(16)27/h4-6,9,12,14-15,17H,3,7-8,10-11H2,1-2H3,(H,23,26)(H,24,25). The van der Waals surface area contributed by atoms with Crippen LogP contribution in [0.2, 0.25) is 0 Å². The molecule has 0 spiro atoms. The fourth-order valence-electron chi connectivity index (χ4n) is 4.86. The Morgan fingerprint density at radius 2 is 2.14 bits per heavy atom. The zero-order valence-electron chi connectivity index (χ0n) is 16.7. The molecule has 2 fully saturated rings. The highest BCUT2D eigenvalue weighted by Crippen LogP contribution is 2.37. The number of piperidine rings is 1. The Morgan fingerprint density at radius 3 is 2.90 bits per heavy atom. The summed E-state index contributed by atoms with van der Waals surface area (Å²) in [6, 6.07) is 6.79. The Morgan fingerprint density at radius 1 is 1.31 bits per heavy atom. The largest absolute Gasteiger partial charge is 0.493 e. The molecule has 2 aromatic rings. The van der Waals surface area contributed by atoms with E-state index in [1.165, 1.54) is 7.11 Å². The van der Waals surface area contributed by atoms with Gasteiger partial charge >= 0.3 is 5.63 Å². The Hall–Kier alpha value is -2.83. The van der Waals surface area contributed by atoms with Gasteiger partial charge in [0.15, 0.2) is 11.3 Å². The van der Waals surface area contributed by atoms with Crippen LogP contribution in [0, 0.1) is 11.8 Å². The van der Waals surface area contributed by atoms with Gasteiger partial charge in [-0.25, -0.2) is 4.79 Å². The maximum absolute atomic E-state index is 12.8. The highest BCUT2D eigenvalue weighted by molar-refractivity contribution is 5.97. The molecular weight excluding hydrogens is 372 g/mol. The molecule has 2 amide bonds. The molecule has 1 aliphatic carbocycles. The first kappa shape index (κ1) is 19.5. The van der Waals surface area contributed by atoms with E-state index < -0.39 is 11.5 Å².